The zero-order valence-corrected chi connectivity index (χ0v) is 17.0. The Bertz CT molecular complexity index is 854. The quantitative estimate of drug-likeness (QED) is 0.659. The second kappa shape index (κ2) is 7.36. The van der Waals surface area contributed by atoms with Gasteiger partial charge in [0.1, 0.15) is 5.75 Å². The summed E-state index contributed by atoms with van der Waals surface area (Å²) in [5.41, 5.74) is 10.2. The first-order valence-corrected chi connectivity index (χ1v) is 9.45. The lowest BCUT2D eigenvalue weighted by molar-refractivity contribution is -0.155. The van der Waals surface area contributed by atoms with Gasteiger partial charge >= 0.3 is 6.18 Å². The fraction of sp³-hybridized carbons (Fsp3) is 0.400. The molecule has 0 spiro atoms. The highest BCUT2D eigenvalue weighted by atomic mass is 79.9. The maximum absolute atomic E-state index is 13.4. The van der Waals surface area contributed by atoms with Crippen molar-refractivity contribution in [2.24, 2.45) is 0 Å². The lowest BCUT2D eigenvalue weighted by Crippen LogP contribution is -2.47. The minimum absolute atomic E-state index is 0.294. The van der Waals surface area contributed by atoms with Gasteiger partial charge in [0, 0.05) is 21.8 Å². The van der Waals surface area contributed by atoms with Gasteiger partial charge in [0.2, 0.25) is 0 Å². The van der Waals surface area contributed by atoms with Crippen molar-refractivity contribution in [3.63, 3.8) is 0 Å². The number of hydrogen-bond donors (Lipinski definition) is 1. The Labute approximate surface area is 165 Å². The number of rotatable bonds is 3. The molecule has 0 aliphatic carbocycles. The van der Waals surface area contributed by atoms with Gasteiger partial charge in [-0.2, -0.15) is 13.2 Å². The Morgan fingerprint density at radius 2 is 1.89 bits per heavy atom. The molecule has 0 fully saturated rings. The van der Waals surface area contributed by atoms with Gasteiger partial charge in [0.25, 0.3) is 0 Å². The monoisotopic (exact) mass is 442 g/mol. The summed E-state index contributed by atoms with van der Waals surface area (Å²) in [6, 6.07) is 8.19. The Kier molecular flexibility index (Phi) is 5.45. The predicted molar refractivity (Wildman–Crippen MR) is 104 cm³/mol. The molecule has 146 valence electrons. The summed E-state index contributed by atoms with van der Waals surface area (Å²) in [5.74, 6) is 0.552. The number of hydrogen-bond acceptors (Lipinski definition) is 3. The first-order valence-electron chi connectivity index (χ1n) is 8.66. The number of fused-ring (bicyclic) bond motifs is 1. The van der Waals surface area contributed by atoms with Gasteiger partial charge in [-0.25, -0.2) is 0 Å². The number of nitrogen functional groups attached to an aromatic ring is 1. The normalized spacial score (nSPS) is 20.4. The third-order valence-corrected chi connectivity index (χ3v) is 5.71. The van der Waals surface area contributed by atoms with E-state index in [1.165, 1.54) is 12.0 Å². The molecule has 7 heteroatoms. The fourth-order valence-electron chi connectivity index (χ4n) is 3.88. The van der Waals surface area contributed by atoms with Gasteiger partial charge in [-0.15, -0.1) is 0 Å². The molecule has 1 heterocycles. The molecule has 0 unspecified atom stereocenters. The molecule has 0 saturated heterocycles. The van der Waals surface area contributed by atoms with Crippen LogP contribution in [0.4, 0.5) is 18.9 Å². The first-order chi connectivity index (χ1) is 12.6. The topological polar surface area (TPSA) is 38.5 Å². The van der Waals surface area contributed by atoms with E-state index in [0.29, 0.717) is 23.4 Å². The molecule has 0 bridgehead atoms. The van der Waals surface area contributed by atoms with E-state index in [-0.39, 0.29) is 6.04 Å². The van der Waals surface area contributed by atoms with Gasteiger partial charge in [-0.3, -0.25) is 4.90 Å². The van der Waals surface area contributed by atoms with Gasteiger partial charge in [-0.1, -0.05) is 28.1 Å². The molecular weight excluding hydrogens is 421 g/mol. The van der Waals surface area contributed by atoms with Crippen LogP contribution in [0.2, 0.25) is 0 Å². The molecule has 2 atom stereocenters. The third kappa shape index (κ3) is 3.94. The lowest BCUT2D eigenvalue weighted by Gasteiger charge is -2.43. The van der Waals surface area contributed by atoms with Crippen LogP contribution in [-0.2, 0) is 6.42 Å². The van der Waals surface area contributed by atoms with Gasteiger partial charge < -0.3 is 10.5 Å². The summed E-state index contributed by atoms with van der Waals surface area (Å²) in [5, 5.41) is 0. The van der Waals surface area contributed by atoms with E-state index in [9.17, 15) is 13.2 Å². The summed E-state index contributed by atoms with van der Waals surface area (Å²) in [7, 11) is 1.53. The number of nitrogens with zero attached hydrogens (tertiary/aromatic N) is 1. The van der Waals surface area contributed by atoms with Crippen molar-refractivity contribution in [1.29, 1.82) is 0 Å². The van der Waals surface area contributed by atoms with E-state index in [0.717, 1.165) is 21.2 Å². The second-order valence-corrected chi connectivity index (χ2v) is 7.89. The van der Waals surface area contributed by atoms with E-state index in [1.807, 2.05) is 32.0 Å². The molecule has 27 heavy (non-hydrogen) atoms. The SMILES string of the molecule is COc1cc(Br)ccc1[C@H]1c2ccc(N)c(C)c2C[C@@H](C)N1CC(F)(F)F. The fourth-order valence-corrected chi connectivity index (χ4v) is 4.22. The summed E-state index contributed by atoms with van der Waals surface area (Å²) < 4.78 is 46.4. The smallest absolute Gasteiger partial charge is 0.401 e. The predicted octanol–water partition coefficient (Wildman–Crippen LogP) is 5.25. The lowest BCUT2D eigenvalue weighted by atomic mass is 9.82. The van der Waals surface area contributed by atoms with E-state index in [1.54, 1.807) is 12.1 Å². The van der Waals surface area contributed by atoms with Crippen LogP contribution < -0.4 is 10.5 Å². The standard InChI is InChI=1S/C20H22BrF3N2O/c1-11-8-16-12(2)17(25)7-6-14(16)19(26(11)10-20(22,23)24)15-5-4-13(21)9-18(15)27-3/h4-7,9,11,19H,8,10,25H2,1-3H3/t11-,19-/m1/s1. The maximum atomic E-state index is 13.4. The zero-order valence-electron chi connectivity index (χ0n) is 15.4. The summed E-state index contributed by atoms with van der Waals surface area (Å²) in [4.78, 5) is 1.50. The Morgan fingerprint density at radius 3 is 2.52 bits per heavy atom. The molecule has 0 saturated carbocycles. The number of ether oxygens (including phenoxy) is 1. The van der Waals surface area contributed by atoms with Crippen LogP contribution in [0.1, 0.15) is 35.2 Å². The van der Waals surface area contributed by atoms with Crippen LogP contribution in [0.5, 0.6) is 5.75 Å². The molecule has 1 aliphatic rings. The van der Waals surface area contributed by atoms with Crippen molar-refractivity contribution in [2.75, 3.05) is 19.4 Å². The number of benzene rings is 2. The number of alkyl halides is 3. The molecule has 3 rings (SSSR count). The van der Waals surface area contributed by atoms with Gasteiger partial charge in [0.15, 0.2) is 0 Å². The largest absolute Gasteiger partial charge is 0.496 e. The molecule has 0 aromatic heterocycles. The van der Waals surface area contributed by atoms with Gasteiger partial charge in [-0.05, 0) is 55.2 Å². The van der Waals surface area contributed by atoms with Crippen LogP contribution in [0.3, 0.4) is 0 Å². The number of halogens is 4. The van der Waals surface area contributed by atoms with Crippen molar-refractivity contribution in [3.05, 3.63) is 57.1 Å². The van der Waals surface area contributed by atoms with Gasteiger partial charge in [0.05, 0.1) is 19.7 Å². The average Bonchev–Trinajstić information content (AvgIpc) is 2.59. The van der Waals surface area contributed by atoms with E-state index >= 15 is 0 Å². The number of methoxy groups -OCH3 is 1. The highest BCUT2D eigenvalue weighted by molar-refractivity contribution is 9.10. The molecule has 2 aromatic rings. The van der Waals surface area contributed by atoms with Crippen LogP contribution >= 0.6 is 15.9 Å². The van der Waals surface area contributed by atoms with Crippen molar-refractivity contribution in [2.45, 2.75) is 38.5 Å². The van der Waals surface area contributed by atoms with Crippen molar-refractivity contribution in [3.8, 4) is 5.75 Å². The van der Waals surface area contributed by atoms with Crippen molar-refractivity contribution in [1.82, 2.24) is 4.90 Å². The van der Waals surface area contributed by atoms with Crippen LogP contribution in [0, 0.1) is 6.92 Å². The average molecular weight is 443 g/mol. The first kappa shape index (κ1) is 20.0. The Balaban J connectivity index is 2.23. The van der Waals surface area contributed by atoms with Crippen LogP contribution in [0.25, 0.3) is 0 Å². The minimum Gasteiger partial charge on any atom is -0.496 e. The van der Waals surface area contributed by atoms with E-state index in [4.69, 9.17) is 10.5 Å². The van der Waals surface area contributed by atoms with E-state index < -0.39 is 18.8 Å². The van der Waals surface area contributed by atoms with Crippen molar-refractivity contribution < 1.29 is 17.9 Å². The maximum Gasteiger partial charge on any atom is 0.401 e. The molecule has 0 radical (unpaired) electrons. The number of anilines is 1. The zero-order chi connectivity index (χ0) is 19.9. The number of nitrogens with two attached hydrogens (primary N) is 1. The van der Waals surface area contributed by atoms with Crippen LogP contribution in [0.15, 0.2) is 34.8 Å². The highest BCUT2D eigenvalue weighted by Gasteiger charge is 2.41. The Hall–Kier alpha value is -1.73. The molecule has 3 nitrogen and oxygen atoms in total. The molecule has 1 aliphatic heterocycles. The summed E-state index contributed by atoms with van der Waals surface area (Å²) in [6.45, 7) is 2.77. The minimum atomic E-state index is -4.30. The summed E-state index contributed by atoms with van der Waals surface area (Å²) >= 11 is 3.40. The molecular formula is C20H22BrF3N2O. The molecule has 0 amide bonds. The Morgan fingerprint density at radius 1 is 1.22 bits per heavy atom. The van der Waals surface area contributed by atoms with E-state index in [2.05, 4.69) is 15.9 Å². The van der Waals surface area contributed by atoms with Crippen molar-refractivity contribution >= 4 is 21.6 Å². The van der Waals surface area contributed by atoms with Crippen LogP contribution in [-0.4, -0.2) is 30.8 Å². The third-order valence-electron chi connectivity index (χ3n) is 5.22. The molecule has 2 N–H and O–H groups in total. The second-order valence-electron chi connectivity index (χ2n) is 6.98. The summed E-state index contributed by atoms with van der Waals surface area (Å²) in [6.07, 6.45) is -3.77. The molecule has 2 aromatic carbocycles. The highest BCUT2D eigenvalue weighted by Crippen LogP contribution is 2.44.